The van der Waals surface area contributed by atoms with E-state index in [-0.39, 0.29) is 11.9 Å². The van der Waals surface area contributed by atoms with Gasteiger partial charge in [0, 0.05) is 18.3 Å². The SMILES string of the molecule is CC[C@H](C)N(Cc1csc(COc2ccccc2OC)n1)C(C)=O. The minimum absolute atomic E-state index is 0.0733. The molecule has 1 aromatic carbocycles. The lowest BCUT2D eigenvalue weighted by atomic mass is 10.2. The number of para-hydroxylation sites is 2. The van der Waals surface area contributed by atoms with Crippen LogP contribution in [0, 0.1) is 0 Å². The summed E-state index contributed by atoms with van der Waals surface area (Å²) in [4.78, 5) is 18.2. The van der Waals surface area contributed by atoms with Gasteiger partial charge in [0.15, 0.2) is 11.5 Å². The monoisotopic (exact) mass is 348 g/mol. The van der Waals surface area contributed by atoms with Gasteiger partial charge in [0.25, 0.3) is 0 Å². The molecule has 0 fully saturated rings. The normalized spacial score (nSPS) is 11.8. The summed E-state index contributed by atoms with van der Waals surface area (Å²) in [6, 6.07) is 7.74. The Morgan fingerprint density at radius 3 is 2.67 bits per heavy atom. The maximum atomic E-state index is 11.8. The topological polar surface area (TPSA) is 51.7 Å². The first kappa shape index (κ1) is 18.3. The molecular weight excluding hydrogens is 324 g/mol. The molecule has 0 unspecified atom stereocenters. The molecule has 1 heterocycles. The third kappa shape index (κ3) is 4.71. The molecule has 2 aromatic rings. The number of aromatic nitrogens is 1. The van der Waals surface area contributed by atoms with Gasteiger partial charge in [-0.25, -0.2) is 4.98 Å². The minimum Gasteiger partial charge on any atom is -0.493 e. The average molecular weight is 348 g/mol. The second-order valence-corrected chi connectivity index (χ2v) is 6.52. The third-order valence-corrected chi connectivity index (χ3v) is 4.75. The molecule has 2 rings (SSSR count). The number of carbonyl (C=O) groups is 1. The van der Waals surface area contributed by atoms with E-state index in [9.17, 15) is 4.79 Å². The summed E-state index contributed by atoms with van der Waals surface area (Å²) in [6.45, 7) is 6.65. The van der Waals surface area contributed by atoms with E-state index in [0.29, 0.717) is 24.7 Å². The first-order valence-electron chi connectivity index (χ1n) is 8.01. The Labute approximate surface area is 147 Å². The van der Waals surface area contributed by atoms with Crippen LogP contribution in [0.4, 0.5) is 0 Å². The summed E-state index contributed by atoms with van der Waals surface area (Å²) >= 11 is 1.54. The van der Waals surface area contributed by atoms with Gasteiger partial charge < -0.3 is 14.4 Å². The standard InChI is InChI=1S/C18H24N2O3S/c1-5-13(2)20(14(3)21)10-15-12-24-18(19-15)11-23-17-9-7-6-8-16(17)22-4/h6-9,12-13H,5,10-11H2,1-4H3/t13-/m0/s1. The van der Waals surface area contributed by atoms with Crippen molar-refractivity contribution in [3.05, 3.63) is 40.3 Å². The summed E-state index contributed by atoms with van der Waals surface area (Å²) < 4.78 is 11.1. The van der Waals surface area contributed by atoms with Crippen LogP contribution in [0.2, 0.25) is 0 Å². The molecule has 0 N–H and O–H groups in total. The first-order chi connectivity index (χ1) is 11.5. The fourth-order valence-corrected chi connectivity index (χ4v) is 3.03. The second-order valence-electron chi connectivity index (χ2n) is 5.58. The molecule has 0 bridgehead atoms. The largest absolute Gasteiger partial charge is 0.493 e. The van der Waals surface area contributed by atoms with Crippen molar-refractivity contribution >= 4 is 17.2 Å². The molecule has 1 amide bonds. The molecule has 0 spiro atoms. The smallest absolute Gasteiger partial charge is 0.220 e. The Morgan fingerprint density at radius 1 is 1.33 bits per heavy atom. The number of amides is 1. The lowest BCUT2D eigenvalue weighted by Crippen LogP contribution is -2.36. The van der Waals surface area contributed by atoms with Gasteiger partial charge in [-0.1, -0.05) is 19.1 Å². The molecule has 0 saturated heterocycles. The number of methoxy groups -OCH3 is 1. The van der Waals surface area contributed by atoms with E-state index in [1.54, 1.807) is 25.4 Å². The molecule has 0 radical (unpaired) electrons. The highest BCUT2D eigenvalue weighted by molar-refractivity contribution is 7.09. The van der Waals surface area contributed by atoms with Crippen LogP contribution < -0.4 is 9.47 Å². The number of nitrogens with zero attached hydrogens (tertiary/aromatic N) is 2. The van der Waals surface area contributed by atoms with Gasteiger partial charge in [-0.2, -0.15) is 0 Å². The van der Waals surface area contributed by atoms with Crippen molar-refractivity contribution in [2.24, 2.45) is 0 Å². The van der Waals surface area contributed by atoms with Gasteiger partial charge in [-0.05, 0) is 25.5 Å². The van der Waals surface area contributed by atoms with E-state index >= 15 is 0 Å². The fourth-order valence-electron chi connectivity index (χ4n) is 2.34. The van der Waals surface area contributed by atoms with Crippen molar-refractivity contribution in [2.45, 2.75) is 46.4 Å². The van der Waals surface area contributed by atoms with Crippen molar-refractivity contribution < 1.29 is 14.3 Å². The van der Waals surface area contributed by atoms with Crippen LogP contribution in [0.5, 0.6) is 11.5 Å². The molecule has 6 heteroatoms. The van der Waals surface area contributed by atoms with Gasteiger partial charge in [-0.15, -0.1) is 11.3 Å². The summed E-state index contributed by atoms with van der Waals surface area (Å²) in [6.07, 6.45) is 0.924. The molecule has 130 valence electrons. The minimum atomic E-state index is 0.0733. The summed E-state index contributed by atoms with van der Waals surface area (Å²) in [5.41, 5.74) is 0.897. The molecule has 0 aliphatic heterocycles. The van der Waals surface area contributed by atoms with Crippen LogP contribution in [0.25, 0.3) is 0 Å². The van der Waals surface area contributed by atoms with Gasteiger partial charge >= 0.3 is 0 Å². The van der Waals surface area contributed by atoms with Gasteiger partial charge in [0.2, 0.25) is 5.91 Å². The van der Waals surface area contributed by atoms with E-state index in [1.165, 1.54) is 0 Å². The lowest BCUT2D eigenvalue weighted by Gasteiger charge is -2.26. The quantitative estimate of drug-likeness (QED) is 0.726. The fraction of sp³-hybridized carbons (Fsp3) is 0.444. The van der Waals surface area contributed by atoms with Crippen LogP contribution in [-0.2, 0) is 17.9 Å². The van der Waals surface area contributed by atoms with Crippen LogP contribution in [0.1, 0.15) is 37.9 Å². The number of ether oxygens (including phenoxy) is 2. The number of benzene rings is 1. The maximum absolute atomic E-state index is 11.8. The van der Waals surface area contributed by atoms with Crippen molar-refractivity contribution in [1.82, 2.24) is 9.88 Å². The third-order valence-electron chi connectivity index (χ3n) is 3.88. The molecule has 0 aliphatic rings. The second kappa shape index (κ2) is 8.68. The number of hydrogen-bond acceptors (Lipinski definition) is 5. The number of thiazole rings is 1. The zero-order valence-corrected chi connectivity index (χ0v) is 15.4. The maximum Gasteiger partial charge on any atom is 0.220 e. The van der Waals surface area contributed by atoms with Crippen molar-refractivity contribution in [1.29, 1.82) is 0 Å². The Hall–Kier alpha value is -2.08. The highest BCUT2D eigenvalue weighted by Gasteiger charge is 2.17. The molecule has 1 aromatic heterocycles. The molecule has 5 nitrogen and oxygen atoms in total. The first-order valence-corrected chi connectivity index (χ1v) is 8.89. The van der Waals surface area contributed by atoms with Crippen molar-refractivity contribution in [3.63, 3.8) is 0 Å². The zero-order valence-electron chi connectivity index (χ0n) is 14.6. The van der Waals surface area contributed by atoms with Crippen LogP contribution >= 0.6 is 11.3 Å². The van der Waals surface area contributed by atoms with Gasteiger partial charge in [0.1, 0.15) is 11.6 Å². The Kier molecular flexibility index (Phi) is 6.61. The highest BCUT2D eigenvalue weighted by Crippen LogP contribution is 2.27. The summed E-state index contributed by atoms with van der Waals surface area (Å²) in [7, 11) is 1.62. The summed E-state index contributed by atoms with van der Waals surface area (Å²) in [5, 5.41) is 2.86. The van der Waals surface area contributed by atoms with E-state index in [1.807, 2.05) is 34.5 Å². The molecule has 1 atom stereocenters. The van der Waals surface area contributed by atoms with Crippen LogP contribution in [0.15, 0.2) is 29.6 Å². The molecule has 24 heavy (non-hydrogen) atoms. The predicted octanol–water partition coefficient (Wildman–Crippen LogP) is 3.88. The highest BCUT2D eigenvalue weighted by atomic mass is 32.1. The van der Waals surface area contributed by atoms with Gasteiger partial charge in [0.05, 0.1) is 19.3 Å². The predicted molar refractivity (Wildman–Crippen MR) is 95.4 cm³/mol. The summed E-state index contributed by atoms with van der Waals surface area (Å²) in [5.74, 6) is 1.47. The van der Waals surface area contributed by atoms with Crippen molar-refractivity contribution in [3.8, 4) is 11.5 Å². The van der Waals surface area contributed by atoms with Crippen LogP contribution in [0.3, 0.4) is 0 Å². The molecule has 0 saturated carbocycles. The number of carbonyl (C=O) groups excluding carboxylic acids is 1. The number of rotatable bonds is 8. The van der Waals surface area contributed by atoms with Crippen molar-refractivity contribution in [2.75, 3.05) is 7.11 Å². The Bertz CT molecular complexity index is 672. The average Bonchev–Trinajstić information content (AvgIpc) is 3.04. The Balaban J connectivity index is 1.99. The zero-order chi connectivity index (χ0) is 17.5. The van der Waals surface area contributed by atoms with E-state index < -0.39 is 0 Å². The Morgan fingerprint density at radius 2 is 2.04 bits per heavy atom. The van der Waals surface area contributed by atoms with E-state index in [2.05, 4.69) is 18.8 Å². The van der Waals surface area contributed by atoms with E-state index in [4.69, 9.17) is 9.47 Å². The molecule has 0 aliphatic carbocycles. The number of hydrogen-bond donors (Lipinski definition) is 0. The van der Waals surface area contributed by atoms with E-state index in [0.717, 1.165) is 17.1 Å². The van der Waals surface area contributed by atoms with Crippen LogP contribution in [-0.4, -0.2) is 28.9 Å². The lowest BCUT2D eigenvalue weighted by molar-refractivity contribution is -0.131. The van der Waals surface area contributed by atoms with Gasteiger partial charge in [-0.3, -0.25) is 4.79 Å². The molecular formula is C18H24N2O3S.